The van der Waals surface area contributed by atoms with Crippen LogP contribution in [0.2, 0.25) is 0 Å². The molecule has 1 heterocycles. The topological polar surface area (TPSA) is 40.6 Å². The summed E-state index contributed by atoms with van der Waals surface area (Å²) in [5, 5.41) is 0. The van der Waals surface area contributed by atoms with Crippen LogP contribution < -0.4 is 0 Å². The van der Waals surface area contributed by atoms with Crippen molar-refractivity contribution in [3.8, 4) is 0 Å². The van der Waals surface area contributed by atoms with Crippen molar-refractivity contribution in [2.45, 2.75) is 24.1 Å². The fourth-order valence-corrected chi connectivity index (χ4v) is 3.63. The third kappa shape index (κ3) is 2.97. The number of nitrogens with zero attached hydrogens (tertiary/aromatic N) is 2. The molecule has 0 atom stereocenters. The zero-order valence-electron chi connectivity index (χ0n) is 12.5. The van der Waals surface area contributed by atoms with Gasteiger partial charge in [-0.2, -0.15) is 0 Å². The summed E-state index contributed by atoms with van der Waals surface area (Å²) >= 11 is 1.59. The molecule has 0 spiro atoms. The van der Waals surface area contributed by atoms with Gasteiger partial charge in [-0.05, 0) is 36.8 Å². The summed E-state index contributed by atoms with van der Waals surface area (Å²) in [5.41, 5.74) is 0.774. The lowest BCUT2D eigenvalue weighted by atomic mass is 10.2. The van der Waals surface area contributed by atoms with E-state index in [-0.39, 0.29) is 28.9 Å². The summed E-state index contributed by atoms with van der Waals surface area (Å²) in [4.78, 5) is 28.1. The minimum atomic E-state index is -0.297. The van der Waals surface area contributed by atoms with E-state index in [1.165, 1.54) is 12.1 Å². The smallest absolute Gasteiger partial charge is 0.242 e. The van der Waals surface area contributed by atoms with Crippen molar-refractivity contribution < 1.29 is 14.0 Å². The maximum absolute atomic E-state index is 13.2. The normalized spacial score (nSPS) is 20.2. The highest BCUT2D eigenvalue weighted by atomic mass is 32.2. The fraction of sp³-hybridized carbons (Fsp3) is 0.500. The first kappa shape index (κ1) is 15.3. The average Bonchev–Trinajstić information content (AvgIpc) is 3.30. The lowest BCUT2D eigenvalue weighted by molar-refractivity contribution is -0.145. The largest absolute Gasteiger partial charge is 0.335 e. The molecule has 1 aliphatic heterocycles. The van der Waals surface area contributed by atoms with Crippen molar-refractivity contribution in [3.05, 3.63) is 35.6 Å². The number of hydrogen-bond donors (Lipinski definition) is 0. The highest BCUT2D eigenvalue weighted by molar-refractivity contribution is 8.01. The molecule has 118 valence electrons. The van der Waals surface area contributed by atoms with Crippen molar-refractivity contribution in [3.63, 3.8) is 0 Å². The summed E-state index contributed by atoms with van der Waals surface area (Å²) in [6.45, 7) is 1.59. The molecule has 2 amide bonds. The number of rotatable bonds is 4. The molecule has 22 heavy (non-hydrogen) atoms. The number of carbonyl (C=O) groups excluding carboxylic acids is 2. The molecule has 1 aromatic rings. The Kier molecular flexibility index (Phi) is 4.12. The molecule has 1 aromatic carbocycles. The highest BCUT2D eigenvalue weighted by Gasteiger charge is 2.51. The Morgan fingerprint density at radius 2 is 2.14 bits per heavy atom. The van der Waals surface area contributed by atoms with Gasteiger partial charge in [-0.1, -0.05) is 12.1 Å². The number of hydrogen-bond acceptors (Lipinski definition) is 3. The van der Waals surface area contributed by atoms with Crippen LogP contribution in [0.1, 0.15) is 18.4 Å². The molecule has 0 unspecified atom stereocenters. The Morgan fingerprint density at radius 3 is 2.73 bits per heavy atom. The Morgan fingerprint density at radius 1 is 1.36 bits per heavy atom. The van der Waals surface area contributed by atoms with Gasteiger partial charge in [0.25, 0.3) is 0 Å². The van der Waals surface area contributed by atoms with Crippen LogP contribution in [0.25, 0.3) is 0 Å². The van der Waals surface area contributed by atoms with Gasteiger partial charge in [-0.25, -0.2) is 4.39 Å². The molecule has 1 saturated carbocycles. The van der Waals surface area contributed by atoms with Crippen molar-refractivity contribution in [2.75, 3.05) is 25.9 Å². The average molecular weight is 322 g/mol. The summed E-state index contributed by atoms with van der Waals surface area (Å²) in [7, 11) is 0. The Bertz CT molecular complexity index is 604. The quantitative estimate of drug-likeness (QED) is 0.850. The van der Waals surface area contributed by atoms with Gasteiger partial charge in [0.2, 0.25) is 11.8 Å². The third-order valence-electron chi connectivity index (χ3n) is 4.35. The van der Waals surface area contributed by atoms with Gasteiger partial charge in [0.15, 0.2) is 0 Å². The summed E-state index contributed by atoms with van der Waals surface area (Å²) < 4.78 is 12.9. The van der Waals surface area contributed by atoms with Crippen LogP contribution in [0.4, 0.5) is 4.39 Å². The molecular formula is C16H19FN2O2S. The zero-order chi connectivity index (χ0) is 15.7. The molecule has 3 rings (SSSR count). The Labute approximate surface area is 133 Å². The van der Waals surface area contributed by atoms with Crippen LogP contribution in [-0.2, 0) is 16.1 Å². The van der Waals surface area contributed by atoms with Crippen LogP contribution in [0.3, 0.4) is 0 Å². The number of benzene rings is 1. The summed E-state index contributed by atoms with van der Waals surface area (Å²) in [5.74, 6) is -0.270. The van der Waals surface area contributed by atoms with Gasteiger partial charge in [0, 0.05) is 19.6 Å². The molecule has 2 fully saturated rings. The molecule has 0 bridgehead atoms. The highest BCUT2D eigenvalue weighted by Crippen LogP contribution is 2.48. The van der Waals surface area contributed by atoms with Gasteiger partial charge >= 0.3 is 0 Å². The zero-order valence-corrected chi connectivity index (χ0v) is 13.4. The first-order valence-electron chi connectivity index (χ1n) is 7.41. The predicted octanol–water partition coefficient (Wildman–Crippen LogP) is 1.89. The SMILES string of the molecule is CSC1(C(=O)N2CCN(Cc3cccc(F)c3)C(=O)C2)CC1. The first-order chi connectivity index (χ1) is 10.5. The number of carbonyl (C=O) groups is 2. The molecule has 2 aliphatic rings. The Hall–Kier alpha value is -1.56. The molecular weight excluding hydrogens is 303 g/mol. The number of amides is 2. The predicted molar refractivity (Wildman–Crippen MR) is 83.9 cm³/mol. The molecule has 4 nitrogen and oxygen atoms in total. The number of thioether (sulfide) groups is 1. The summed E-state index contributed by atoms with van der Waals surface area (Å²) in [6.07, 6.45) is 3.77. The van der Waals surface area contributed by atoms with E-state index in [0.29, 0.717) is 19.6 Å². The van der Waals surface area contributed by atoms with Crippen molar-refractivity contribution in [1.29, 1.82) is 0 Å². The van der Waals surface area contributed by atoms with E-state index >= 15 is 0 Å². The Balaban J connectivity index is 1.61. The van der Waals surface area contributed by atoms with E-state index in [1.54, 1.807) is 33.7 Å². The van der Waals surface area contributed by atoms with Crippen LogP contribution in [0, 0.1) is 5.82 Å². The molecule has 0 radical (unpaired) electrons. The van der Waals surface area contributed by atoms with E-state index < -0.39 is 0 Å². The van der Waals surface area contributed by atoms with Gasteiger partial charge in [-0.3, -0.25) is 9.59 Å². The summed E-state index contributed by atoms with van der Waals surface area (Å²) in [6, 6.07) is 6.28. The number of halogens is 1. The van der Waals surface area contributed by atoms with Crippen LogP contribution in [0.15, 0.2) is 24.3 Å². The standard InChI is InChI=1S/C16H19FN2O2S/c1-22-16(5-6-16)15(21)19-8-7-18(14(20)11-19)10-12-3-2-4-13(17)9-12/h2-4,9H,5-8,10-11H2,1H3. The molecule has 6 heteroatoms. The lowest BCUT2D eigenvalue weighted by Crippen LogP contribution is -2.54. The second-order valence-corrected chi connectivity index (χ2v) is 7.06. The maximum atomic E-state index is 13.2. The lowest BCUT2D eigenvalue weighted by Gasteiger charge is -2.36. The minimum absolute atomic E-state index is 0.0687. The van der Waals surface area contributed by atoms with Crippen molar-refractivity contribution in [2.24, 2.45) is 0 Å². The van der Waals surface area contributed by atoms with E-state index in [9.17, 15) is 14.0 Å². The van der Waals surface area contributed by atoms with Crippen LogP contribution in [0.5, 0.6) is 0 Å². The first-order valence-corrected chi connectivity index (χ1v) is 8.63. The van der Waals surface area contributed by atoms with Gasteiger partial charge in [-0.15, -0.1) is 11.8 Å². The molecule has 1 aliphatic carbocycles. The van der Waals surface area contributed by atoms with Crippen molar-refractivity contribution in [1.82, 2.24) is 9.80 Å². The number of piperazine rings is 1. The molecule has 0 N–H and O–H groups in total. The second kappa shape index (κ2) is 5.91. The minimum Gasteiger partial charge on any atom is -0.335 e. The van der Waals surface area contributed by atoms with Crippen molar-refractivity contribution >= 4 is 23.6 Å². The fourth-order valence-electron chi connectivity index (χ4n) is 2.81. The maximum Gasteiger partial charge on any atom is 0.242 e. The second-order valence-electron chi connectivity index (χ2n) is 5.87. The van der Waals surface area contributed by atoms with Crippen LogP contribution in [-0.4, -0.2) is 52.3 Å². The molecule has 1 saturated heterocycles. The third-order valence-corrected chi connectivity index (χ3v) is 5.72. The van der Waals surface area contributed by atoms with E-state index in [2.05, 4.69) is 0 Å². The van der Waals surface area contributed by atoms with Gasteiger partial charge < -0.3 is 9.80 Å². The van der Waals surface area contributed by atoms with E-state index in [4.69, 9.17) is 0 Å². The van der Waals surface area contributed by atoms with Crippen LogP contribution >= 0.6 is 11.8 Å². The van der Waals surface area contributed by atoms with E-state index in [0.717, 1.165) is 18.4 Å². The molecule has 0 aromatic heterocycles. The van der Waals surface area contributed by atoms with E-state index in [1.807, 2.05) is 6.26 Å². The van der Waals surface area contributed by atoms with Gasteiger partial charge in [0.1, 0.15) is 5.82 Å². The monoisotopic (exact) mass is 322 g/mol. The van der Waals surface area contributed by atoms with Gasteiger partial charge in [0.05, 0.1) is 11.3 Å².